The molecule has 0 spiro atoms. The maximum Gasteiger partial charge on any atom is 0.254 e. The summed E-state index contributed by atoms with van der Waals surface area (Å²) in [7, 11) is -3.35. The van der Waals surface area contributed by atoms with Crippen molar-refractivity contribution >= 4 is 15.7 Å². The highest BCUT2D eigenvalue weighted by Gasteiger charge is 2.26. The number of aromatic nitrogens is 3. The number of amides is 1. The van der Waals surface area contributed by atoms with Crippen LogP contribution >= 0.6 is 0 Å². The summed E-state index contributed by atoms with van der Waals surface area (Å²) in [6.07, 6.45) is 1.94. The lowest BCUT2D eigenvalue weighted by molar-refractivity contribution is 0.0705. The fraction of sp³-hybridized carbons (Fsp3) is 0.438. The molecule has 128 valence electrons. The van der Waals surface area contributed by atoms with Crippen LogP contribution in [-0.2, 0) is 29.3 Å². The van der Waals surface area contributed by atoms with Crippen LogP contribution in [0.4, 0.5) is 0 Å². The van der Waals surface area contributed by atoms with E-state index in [1.165, 1.54) is 12.1 Å². The Hall–Kier alpha value is -2.22. The minimum absolute atomic E-state index is 0.157. The summed E-state index contributed by atoms with van der Waals surface area (Å²) in [5.74, 6) is 1.51. The molecule has 0 fully saturated rings. The minimum Gasteiger partial charge on any atom is -0.329 e. The lowest BCUT2D eigenvalue weighted by atomic mass is 10.1. The lowest BCUT2D eigenvalue weighted by Gasteiger charge is -2.28. The van der Waals surface area contributed by atoms with Crippen LogP contribution in [0.15, 0.2) is 23.1 Å². The van der Waals surface area contributed by atoms with Crippen molar-refractivity contribution in [2.24, 2.45) is 0 Å². The molecule has 8 heteroatoms. The van der Waals surface area contributed by atoms with Crippen LogP contribution in [0, 0.1) is 6.92 Å². The number of aryl methyl sites for hydroxylation is 2. The van der Waals surface area contributed by atoms with Gasteiger partial charge in [0, 0.05) is 31.3 Å². The zero-order valence-corrected chi connectivity index (χ0v) is 14.8. The maximum atomic E-state index is 12.9. The molecule has 0 bridgehead atoms. The number of hydrogen-bond acceptors (Lipinski definition) is 5. The molecule has 24 heavy (non-hydrogen) atoms. The Morgan fingerprint density at radius 2 is 2.00 bits per heavy atom. The molecular formula is C16H20N4O3S. The van der Waals surface area contributed by atoms with Gasteiger partial charge in [0.05, 0.1) is 11.4 Å². The number of sulfone groups is 1. The van der Waals surface area contributed by atoms with Gasteiger partial charge in [0.1, 0.15) is 5.82 Å². The molecule has 1 aliphatic heterocycles. The first kappa shape index (κ1) is 16.6. The summed E-state index contributed by atoms with van der Waals surface area (Å²) in [6.45, 7) is 5.42. The van der Waals surface area contributed by atoms with Gasteiger partial charge in [0.25, 0.3) is 5.91 Å². The summed E-state index contributed by atoms with van der Waals surface area (Å²) in [6, 6.07) is 4.66. The molecule has 2 aromatic rings. The Morgan fingerprint density at radius 1 is 1.25 bits per heavy atom. The first-order chi connectivity index (χ1) is 11.3. The van der Waals surface area contributed by atoms with Crippen molar-refractivity contribution in [1.29, 1.82) is 0 Å². The van der Waals surface area contributed by atoms with Gasteiger partial charge in [-0.3, -0.25) is 4.79 Å². The van der Waals surface area contributed by atoms with E-state index in [-0.39, 0.29) is 10.8 Å². The van der Waals surface area contributed by atoms with E-state index in [0.29, 0.717) is 25.2 Å². The van der Waals surface area contributed by atoms with Crippen LogP contribution < -0.4 is 0 Å². The SMILES string of the molecule is CCc1nnc2n1CCN(C(=O)c1cc(S(C)(=O)=O)ccc1C)C2. The second kappa shape index (κ2) is 6.01. The van der Waals surface area contributed by atoms with Gasteiger partial charge in [-0.15, -0.1) is 10.2 Å². The summed E-state index contributed by atoms with van der Waals surface area (Å²) in [4.78, 5) is 14.7. The van der Waals surface area contributed by atoms with Crippen molar-refractivity contribution < 1.29 is 13.2 Å². The van der Waals surface area contributed by atoms with Gasteiger partial charge in [-0.05, 0) is 24.6 Å². The summed E-state index contributed by atoms with van der Waals surface area (Å²) in [5, 5.41) is 8.30. The van der Waals surface area contributed by atoms with Crippen LogP contribution in [0.2, 0.25) is 0 Å². The van der Waals surface area contributed by atoms with Crippen molar-refractivity contribution in [3.05, 3.63) is 41.0 Å². The van der Waals surface area contributed by atoms with Crippen molar-refractivity contribution in [1.82, 2.24) is 19.7 Å². The highest BCUT2D eigenvalue weighted by Crippen LogP contribution is 2.20. The average molecular weight is 348 g/mol. The Labute approximate surface area is 141 Å². The molecule has 0 saturated heterocycles. The van der Waals surface area contributed by atoms with E-state index in [0.717, 1.165) is 29.9 Å². The standard InChI is InChI=1S/C16H20N4O3S/c1-4-14-17-18-15-10-19(7-8-20(14)15)16(21)13-9-12(24(3,22)23)6-5-11(13)2/h5-6,9H,4,7-8,10H2,1-3H3. The first-order valence-corrected chi connectivity index (χ1v) is 9.71. The van der Waals surface area contributed by atoms with Crippen LogP contribution in [0.1, 0.15) is 34.5 Å². The molecule has 0 N–H and O–H groups in total. The molecule has 0 saturated carbocycles. The summed E-state index contributed by atoms with van der Waals surface area (Å²) in [5.41, 5.74) is 1.18. The number of carbonyl (C=O) groups is 1. The number of hydrogen-bond donors (Lipinski definition) is 0. The molecule has 2 heterocycles. The van der Waals surface area contributed by atoms with E-state index in [9.17, 15) is 13.2 Å². The average Bonchev–Trinajstić information content (AvgIpc) is 2.95. The lowest BCUT2D eigenvalue weighted by Crippen LogP contribution is -2.39. The minimum atomic E-state index is -3.35. The molecule has 0 radical (unpaired) electrons. The van der Waals surface area contributed by atoms with Gasteiger partial charge in [-0.25, -0.2) is 8.42 Å². The zero-order chi connectivity index (χ0) is 17.5. The number of carbonyl (C=O) groups excluding carboxylic acids is 1. The molecule has 0 aliphatic carbocycles. The smallest absolute Gasteiger partial charge is 0.254 e. The first-order valence-electron chi connectivity index (χ1n) is 7.82. The third-order valence-electron chi connectivity index (χ3n) is 4.30. The Kier molecular flexibility index (Phi) is 4.16. The van der Waals surface area contributed by atoms with Gasteiger partial charge in [-0.1, -0.05) is 13.0 Å². The van der Waals surface area contributed by atoms with Crippen molar-refractivity contribution in [2.45, 2.75) is 38.3 Å². The normalized spacial score (nSPS) is 14.5. The van der Waals surface area contributed by atoms with Gasteiger partial charge >= 0.3 is 0 Å². The van der Waals surface area contributed by atoms with Crippen LogP contribution in [-0.4, -0.2) is 46.8 Å². The molecule has 1 amide bonds. The second-order valence-corrected chi connectivity index (χ2v) is 8.03. The third-order valence-corrected chi connectivity index (χ3v) is 5.41. The highest BCUT2D eigenvalue weighted by molar-refractivity contribution is 7.90. The molecule has 1 aromatic heterocycles. The molecule has 1 aliphatic rings. The fourth-order valence-corrected chi connectivity index (χ4v) is 3.53. The highest BCUT2D eigenvalue weighted by atomic mass is 32.2. The van der Waals surface area contributed by atoms with Crippen LogP contribution in [0.5, 0.6) is 0 Å². The third kappa shape index (κ3) is 2.93. The van der Waals surface area contributed by atoms with Crippen LogP contribution in [0.25, 0.3) is 0 Å². The number of nitrogens with zero attached hydrogens (tertiary/aromatic N) is 4. The van der Waals surface area contributed by atoms with Gasteiger partial charge in [-0.2, -0.15) is 0 Å². The Balaban J connectivity index is 1.90. The molecule has 7 nitrogen and oxygen atoms in total. The maximum absolute atomic E-state index is 12.9. The van der Waals surface area contributed by atoms with Gasteiger partial charge in [0.15, 0.2) is 15.7 Å². The topological polar surface area (TPSA) is 85.2 Å². The number of benzene rings is 1. The Bertz CT molecular complexity index is 902. The molecule has 0 unspecified atom stereocenters. The second-order valence-electron chi connectivity index (χ2n) is 6.01. The predicted octanol–water partition coefficient (Wildman–Crippen LogP) is 1.21. The summed E-state index contributed by atoms with van der Waals surface area (Å²) >= 11 is 0. The zero-order valence-electron chi connectivity index (χ0n) is 14.0. The van der Waals surface area contributed by atoms with E-state index in [4.69, 9.17) is 0 Å². The molecule has 1 aromatic carbocycles. The van der Waals surface area contributed by atoms with Crippen molar-refractivity contribution in [3.63, 3.8) is 0 Å². The van der Waals surface area contributed by atoms with Crippen molar-refractivity contribution in [2.75, 3.05) is 12.8 Å². The molecule has 0 atom stereocenters. The monoisotopic (exact) mass is 348 g/mol. The number of fused-ring (bicyclic) bond motifs is 1. The quantitative estimate of drug-likeness (QED) is 0.832. The number of rotatable bonds is 3. The van der Waals surface area contributed by atoms with E-state index in [1.807, 2.05) is 11.5 Å². The molecule has 3 rings (SSSR count). The summed E-state index contributed by atoms with van der Waals surface area (Å²) < 4.78 is 25.5. The largest absolute Gasteiger partial charge is 0.329 e. The van der Waals surface area contributed by atoms with Gasteiger partial charge < -0.3 is 9.47 Å². The van der Waals surface area contributed by atoms with Crippen molar-refractivity contribution in [3.8, 4) is 0 Å². The van der Waals surface area contributed by atoms with Crippen LogP contribution in [0.3, 0.4) is 0 Å². The van der Waals surface area contributed by atoms with E-state index in [1.54, 1.807) is 17.9 Å². The molecular weight excluding hydrogens is 328 g/mol. The van der Waals surface area contributed by atoms with Gasteiger partial charge in [0.2, 0.25) is 0 Å². The fourth-order valence-electron chi connectivity index (χ4n) is 2.89. The Morgan fingerprint density at radius 3 is 2.67 bits per heavy atom. The predicted molar refractivity (Wildman–Crippen MR) is 88.4 cm³/mol. The van der Waals surface area contributed by atoms with E-state index in [2.05, 4.69) is 10.2 Å². The van der Waals surface area contributed by atoms with E-state index >= 15 is 0 Å². The van der Waals surface area contributed by atoms with E-state index < -0.39 is 9.84 Å².